The molecule has 1 aromatic carbocycles. The fraction of sp³-hybridized carbons (Fsp3) is 0.464. The third kappa shape index (κ3) is 7.85. The summed E-state index contributed by atoms with van der Waals surface area (Å²) in [7, 11) is 0. The number of benzene rings is 1. The maximum Gasteiger partial charge on any atom is 0.573 e. The van der Waals surface area contributed by atoms with Crippen LogP contribution in [0, 0.1) is 0 Å². The van der Waals surface area contributed by atoms with Gasteiger partial charge < -0.3 is 19.3 Å². The average Bonchev–Trinajstić information content (AvgIpc) is 3.20. The molecule has 5 rings (SSSR count). The molecule has 1 N–H and O–H groups in total. The molecule has 4 heterocycles. The largest absolute Gasteiger partial charge is 0.573 e. The molecule has 0 radical (unpaired) electrons. The van der Waals surface area contributed by atoms with E-state index in [9.17, 15) is 22.8 Å². The second-order valence-corrected chi connectivity index (χ2v) is 11.6. The summed E-state index contributed by atoms with van der Waals surface area (Å²) < 4.78 is 44.2. The van der Waals surface area contributed by atoms with Crippen LogP contribution in [0.3, 0.4) is 0 Å². The lowest BCUT2D eigenvalue weighted by molar-refractivity contribution is -0.274. The van der Waals surface area contributed by atoms with Gasteiger partial charge in [0.25, 0.3) is 0 Å². The lowest BCUT2D eigenvalue weighted by Crippen LogP contribution is -2.53. The molecule has 0 aliphatic carbocycles. The second kappa shape index (κ2) is 13.5. The van der Waals surface area contributed by atoms with Crippen LogP contribution < -0.4 is 4.74 Å². The number of rotatable bonds is 7. The zero-order valence-electron chi connectivity index (χ0n) is 23.6. The first-order chi connectivity index (χ1) is 19.3. The van der Waals surface area contributed by atoms with Gasteiger partial charge in [-0.05, 0) is 35.4 Å². The Bertz CT molecular complexity index is 1480. The summed E-state index contributed by atoms with van der Waals surface area (Å²) in [6.07, 6.45) is -3.16. The first-order valence-corrected chi connectivity index (χ1v) is 13.6. The first kappa shape index (κ1) is 34.7. The van der Waals surface area contributed by atoms with Crippen molar-refractivity contribution >= 4 is 59.3 Å². The number of hydrogen-bond donors (Lipinski definition) is 1. The zero-order valence-corrected chi connectivity index (χ0v) is 26.0. The zero-order chi connectivity index (χ0) is 29.5. The molecule has 0 atom stereocenters. The summed E-state index contributed by atoms with van der Waals surface area (Å²) in [5, 5.41) is 9.85. The van der Waals surface area contributed by atoms with Gasteiger partial charge in [0.15, 0.2) is 0 Å². The highest BCUT2D eigenvalue weighted by Crippen LogP contribution is 2.41. The van der Waals surface area contributed by atoms with Crippen LogP contribution in [0.2, 0.25) is 5.02 Å². The molecular formula is C28H33Cl3F3N5O4. The van der Waals surface area contributed by atoms with E-state index in [2.05, 4.69) is 23.6 Å². The number of pyridine rings is 1. The third-order valence-electron chi connectivity index (χ3n) is 7.63. The fourth-order valence-electron chi connectivity index (χ4n) is 5.91. The van der Waals surface area contributed by atoms with Crippen molar-refractivity contribution in [1.82, 2.24) is 24.3 Å². The number of amides is 1. The molecule has 1 fully saturated rings. The summed E-state index contributed by atoms with van der Waals surface area (Å²) in [5.74, 6) is -1.35. The number of carboxylic acid groups (broad SMARTS) is 1. The summed E-state index contributed by atoms with van der Waals surface area (Å²) in [6, 6.07) is 8.05. The highest BCUT2D eigenvalue weighted by Gasteiger charge is 2.39. The van der Waals surface area contributed by atoms with E-state index in [1.54, 1.807) is 6.20 Å². The predicted molar refractivity (Wildman–Crippen MR) is 160 cm³/mol. The number of nitrogens with zero attached hydrogens (tertiary/aromatic N) is 5. The van der Waals surface area contributed by atoms with Crippen LogP contribution in [-0.4, -0.2) is 93.4 Å². The topological polar surface area (TPSA) is 91.1 Å². The van der Waals surface area contributed by atoms with Gasteiger partial charge in [0, 0.05) is 62.0 Å². The molecule has 9 nitrogen and oxygen atoms in total. The predicted octanol–water partition coefficient (Wildman–Crippen LogP) is 4.80. The molecule has 1 saturated heterocycles. The molecule has 1 amide bonds. The molecule has 236 valence electrons. The summed E-state index contributed by atoms with van der Waals surface area (Å²) in [4.78, 5) is 34.9. The van der Waals surface area contributed by atoms with Gasteiger partial charge >= 0.3 is 12.3 Å². The Morgan fingerprint density at radius 2 is 1.72 bits per heavy atom. The third-order valence-corrected chi connectivity index (χ3v) is 7.92. The van der Waals surface area contributed by atoms with Crippen molar-refractivity contribution in [2.24, 2.45) is 0 Å². The number of halogens is 6. The second-order valence-electron chi connectivity index (χ2n) is 11.2. The maximum absolute atomic E-state index is 13.5. The quantitative estimate of drug-likeness (QED) is 0.388. The Hall–Kier alpha value is -2.77. The fourth-order valence-corrected chi connectivity index (χ4v) is 6.15. The number of aliphatic carboxylic acids is 1. The first-order valence-electron chi connectivity index (χ1n) is 13.3. The maximum atomic E-state index is 13.5. The number of hydrogen-bond acceptors (Lipinski definition) is 6. The van der Waals surface area contributed by atoms with Crippen LogP contribution in [-0.2, 0) is 28.1 Å². The Kier molecular flexibility index (Phi) is 10.9. The molecule has 15 heteroatoms. The minimum atomic E-state index is -4.85. The SMILES string of the molecule is CC1(C)CN(C(=O)CN2CCN(CC(=O)O)CC2)Cc2c1c1cccnc1n2Cc1ccc(OC(F)(F)F)c(Cl)c1.Cl.Cl. The van der Waals surface area contributed by atoms with Gasteiger partial charge in [0.2, 0.25) is 5.91 Å². The van der Waals surface area contributed by atoms with Crippen LogP contribution in [0.25, 0.3) is 11.0 Å². The number of alkyl halides is 3. The lowest BCUT2D eigenvalue weighted by atomic mass is 9.79. The van der Waals surface area contributed by atoms with E-state index < -0.39 is 23.5 Å². The van der Waals surface area contributed by atoms with Gasteiger partial charge in [0.05, 0.1) is 24.7 Å². The highest BCUT2D eigenvalue weighted by atomic mass is 35.5. The summed E-state index contributed by atoms with van der Waals surface area (Å²) in [5.41, 5.74) is 3.01. The van der Waals surface area contributed by atoms with Crippen LogP contribution in [0.15, 0.2) is 36.5 Å². The number of ether oxygens (including phenoxy) is 1. The number of carboxylic acids is 1. The van der Waals surface area contributed by atoms with Gasteiger partial charge in [-0.2, -0.15) is 0 Å². The van der Waals surface area contributed by atoms with E-state index in [0.717, 1.165) is 22.3 Å². The Morgan fingerprint density at radius 3 is 2.33 bits per heavy atom. The number of carbonyl (C=O) groups excluding carboxylic acids is 1. The minimum Gasteiger partial charge on any atom is -0.480 e. The highest BCUT2D eigenvalue weighted by molar-refractivity contribution is 6.32. The van der Waals surface area contributed by atoms with Crippen LogP contribution in [0.5, 0.6) is 5.75 Å². The van der Waals surface area contributed by atoms with Gasteiger partial charge in [-0.15, -0.1) is 38.0 Å². The molecule has 0 spiro atoms. The molecule has 3 aromatic rings. The van der Waals surface area contributed by atoms with Crippen molar-refractivity contribution in [3.8, 4) is 5.75 Å². The number of aromatic nitrogens is 2. The van der Waals surface area contributed by atoms with Crippen molar-refractivity contribution in [2.75, 3.05) is 45.8 Å². The van der Waals surface area contributed by atoms with E-state index in [1.807, 2.05) is 31.4 Å². The molecule has 0 saturated carbocycles. The Balaban J connectivity index is 0.00000253. The number of piperazine rings is 1. The lowest BCUT2D eigenvalue weighted by Gasteiger charge is -2.40. The number of fused-ring (bicyclic) bond motifs is 3. The molecule has 43 heavy (non-hydrogen) atoms. The molecule has 0 bridgehead atoms. The van der Waals surface area contributed by atoms with Gasteiger partial charge in [0.1, 0.15) is 11.4 Å². The van der Waals surface area contributed by atoms with Crippen molar-refractivity contribution < 1.29 is 32.6 Å². The Morgan fingerprint density at radius 1 is 1.07 bits per heavy atom. The Labute approximate surface area is 264 Å². The van der Waals surface area contributed by atoms with Crippen molar-refractivity contribution in [1.29, 1.82) is 0 Å². The van der Waals surface area contributed by atoms with E-state index >= 15 is 0 Å². The van der Waals surface area contributed by atoms with Gasteiger partial charge in [-0.1, -0.05) is 31.5 Å². The van der Waals surface area contributed by atoms with Crippen molar-refractivity contribution in [3.05, 3.63) is 58.4 Å². The normalized spacial score (nSPS) is 17.1. The van der Waals surface area contributed by atoms with Gasteiger partial charge in [-0.3, -0.25) is 19.4 Å². The van der Waals surface area contributed by atoms with E-state index in [-0.39, 0.29) is 48.8 Å². The van der Waals surface area contributed by atoms with E-state index in [0.29, 0.717) is 51.4 Å². The number of carbonyl (C=O) groups is 2. The van der Waals surface area contributed by atoms with Crippen molar-refractivity contribution in [2.45, 2.75) is 38.7 Å². The summed E-state index contributed by atoms with van der Waals surface area (Å²) in [6.45, 7) is 7.97. The molecule has 2 aliphatic heterocycles. The molecular weight excluding hydrogens is 634 g/mol. The average molecular weight is 667 g/mol. The van der Waals surface area contributed by atoms with Gasteiger partial charge in [-0.25, -0.2) is 4.98 Å². The molecule has 0 unspecified atom stereocenters. The molecule has 2 aliphatic rings. The van der Waals surface area contributed by atoms with Crippen LogP contribution in [0.4, 0.5) is 13.2 Å². The minimum absolute atomic E-state index is 0. The van der Waals surface area contributed by atoms with E-state index in [1.165, 1.54) is 18.2 Å². The van der Waals surface area contributed by atoms with Crippen LogP contribution in [0.1, 0.15) is 30.7 Å². The van der Waals surface area contributed by atoms with Crippen molar-refractivity contribution in [3.63, 3.8) is 0 Å². The smallest absolute Gasteiger partial charge is 0.480 e. The van der Waals surface area contributed by atoms with E-state index in [4.69, 9.17) is 16.7 Å². The molecule has 2 aromatic heterocycles. The standard InChI is InChI=1S/C28H31ClF3N5O4.2ClH/c1-27(2)17-36(23(38)15-34-8-10-35(11-9-34)16-24(39)40)14-21-25(27)19-4-3-7-33-26(19)37(21)13-18-5-6-22(20(29)12-18)41-28(30,31)32;;/h3-7,12H,8-11,13-17H2,1-2H3,(H,39,40);2*1H. The summed E-state index contributed by atoms with van der Waals surface area (Å²) >= 11 is 6.13. The monoisotopic (exact) mass is 665 g/mol. The van der Waals surface area contributed by atoms with Crippen LogP contribution >= 0.6 is 36.4 Å².